The fraction of sp³-hybridized carbons (Fsp3) is 0.0667. The molecule has 20 heavy (non-hydrogen) atoms. The summed E-state index contributed by atoms with van der Waals surface area (Å²) in [4.78, 5) is 4.50. The van der Waals surface area contributed by atoms with Gasteiger partial charge in [-0.2, -0.15) is 5.10 Å². The summed E-state index contributed by atoms with van der Waals surface area (Å²) in [5.74, 6) is 2.03. The van der Waals surface area contributed by atoms with Crippen molar-refractivity contribution in [2.45, 2.75) is 0 Å². The number of methoxy groups -OCH3 is 1. The van der Waals surface area contributed by atoms with Gasteiger partial charge in [-0.05, 0) is 24.3 Å². The molecule has 0 aliphatic carbocycles. The molecule has 0 unspecified atom stereocenters. The van der Waals surface area contributed by atoms with Gasteiger partial charge in [-0.3, -0.25) is 5.10 Å². The number of benzene rings is 2. The lowest BCUT2D eigenvalue weighted by Crippen LogP contribution is -1.89. The molecular formula is C15H14N4O. The fourth-order valence-electron chi connectivity index (χ4n) is 2.03. The van der Waals surface area contributed by atoms with Gasteiger partial charge in [-0.15, -0.1) is 0 Å². The molecule has 3 rings (SSSR count). The number of nitrogens with one attached hydrogen (secondary N) is 1. The number of nitrogens with zero attached hydrogens (tertiary/aromatic N) is 2. The molecule has 2 aromatic carbocycles. The predicted molar refractivity (Wildman–Crippen MR) is 78.2 cm³/mol. The number of nitrogens with two attached hydrogens (primary N) is 1. The molecule has 0 fully saturated rings. The van der Waals surface area contributed by atoms with Crippen LogP contribution in [0.5, 0.6) is 5.75 Å². The third-order valence-electron chi connectivity index (χ3n) is 2.99. The van der Waals surface area contributed by atoms with Gasteiger partial charge in [-0.25, -0.2) is 4.98 Å². The second kappa shape index (κ2) is 5.05. The number of anilines is 1. The lowest BCUT2D eigenvalue weighted by atomic mass is 10.2. The third-order valence-corrected chi connectivity index (χ3v) is 2.99. The van der Waals surface area contributed by atoms with Gasteiger partial charge >= 0.3 is 0 Å². The zero-order valence-electron chi connectivity index (χ0n) is 11.0. The first-order valence-corrected chi connectivity index (χ1v) is 6.19. The lowest BCUT2D eigenvalue weighted by Gasteiger charge is -2.04. The highest BCUT2D eigenvalue weighted by Gasteiger charge is 2.11. The normalized spacial score (nSPS) is 10.4. The van der Waals surface area contributed by atoms with E-state index >= 15 is 0 Å². The summed E-state index contributed by atoms with van der Waals surface area (Å²) in [7, 11) is 1.63. The molecule has 3 N–H and O–H groups in total. The number of hydrogen-bond acceptors (Lipinski definition) is 4. The molecule has 0 aliphatic heterocycles. The Hall–Kier alpha value is -2.82. The Balaban J connectivity index is 2.02. The van der Waals surface area contributed by atoms with E-state index in [1.165, 1.54) is 0 Å². The standard InChI is InChI=1S/C15H14N4O/c1-20-13-8-3-2-7-12(13)15-17-14(18-19-15)10-5-4-6-11(16)9-10/h2-9H,16H2,1H3,(H,17,18,19). The minimum Gasteiger partial charge on any atom is -0.496 e. The minimum atomic E-state index is 0.609. The molecule has 0 spiro atoms. The Labute approximate surface area is 116 Å². The van der Waals surface area contributed by atoms with Crippen LogP contribution in [0, 0.1) is 0 Å². The molecule has 3 aromatic rings. The number of hydrogen-bond donors (Lipinski definition) is 2. The molecule has 1 heterocycles. The van der Waals surface area contributed by atoms with Gasteiger partial charge in [0.05, 0.1) is 12.7 Å². The summed E-state index contributed by atoms with van der Waals surface area (Å²) in [6, 6.07) is 15.1. The maximum atomic E-state index is 5.77. The van der Waals surface area contributed by atoms with E-state index in [-0.39, 0.29) is 0 Å². The zero-order valence-corrected chi connectivity index (χ0v) is 11.0. The molecule has 100 valence electrons. The van der Waals surface area contributed by atoms with Crippen molar-refractivity contribution in [1.82, 2.24) is 15.2 Å². The highest BCUT2D eigenvalue weighted by atomic mass is 16.5. The molecule has 5 nitrogen and oxygen atoms in total. The smallest absolute Gasteiger partial charge is 0.181 e. The molecule has 1 aromatic heterocycles. The number of nitrogen functional groups attached to an aromatic ring is 1. The van der Waals surface area contributed by atoms with Crippen molar-refractivity contribution in [2.75, 3.05) is 12.8 Å². The van der Waals surface area contributed by atoms with Crippen LogP contribution in [0.25, 0.3) is 22.8 Å². The second-order valence-corrected chi connectivity index (χ2v) is 4.33. The molecule has 0 atom stereocenters. The predicted octanol–water partition coefficient (Wildman–Crippen LogP) is 2.73. The number of H-pyrrole nitrogens is 1. The van der Waals surface area contributed by atoms with Crippen molar-refractivity contribution in [2.24, 2.45) is 0 Å². The van der Waals surface area contributed by atoms with Gasteiger partial charge in [0.1, 0.15) is 5.75 Å². The minimum absolute atomic E-state index is 0.609. The summed E-state index contributed by atoms with van der Waals surface area (Å²) < 4.78 is 5.33. The third kappa shape index (κ3) is 2.21. The summed E-state index contributed by atoms with van der Waals surface area (Å²) in [5, 5.41) is 7.16. The van der Waals surface area contributed by atoms with E-state index in [9.17, 15) is 0 Å². The zero-order chi connectivity index (χ0) is 13.9. The SMILES string of the molecule is COc1ccccc1-c1nc(-c2cccc(N)c2)n[nH]1. The number of rotatable bonds is 3. The highest BCUT2D eigenvalue weighted by molar-refractivity contribution is 5.67. The number of para-hydroxylation sites is 1. The van der Waals surface area contributed by atoms with Crippen LogP contribution in [0.1, 0.15) is 0 Å². The number of ether oxygens (including phenoxy) is 1. The Morgan fingerprint density at radius 3 is 2.75 bits per heavy atom. The molecule has 0 aliphatic rings. The average Bonchev–Trinajstić information content (AvgIpc) is 2.97. The topological polar surface area (TPSA) is 76.8 Å². The molecule has 0 saturated heterocycles. The average molecular weight is 266 g/mol. The van der Waals surface area contributed by atoms with E-state index in [0.29, 0.717) is 17.3 Å². The summed E-state index contributed by atoms with van der Waals surface area (Å²) in [6.45, 7) is 0. The van der Waals surface area contributed by atoms with Gasteiger partial charge < -0.3 is 10.5 Å². The van der Waals surface area contributed by atoms with Gasteiger partial charge in [0, 0.05) is 11.3 Å². The maximum absolute atomic E-state index is 5.77. The quantitative estimate of drug-likeness (QED) is 0.715. The van der Waals surface area contributed by atoms with Gasteiger partial charge in [0.15, 0.2) is 11.6 Å². The molecule has 0 radical (unpaired) electrons. The van der Waals surface area contributed by atoms with E-state index in [1.807, 2.05) is 48.5 Å². The maximum Gasteiger partial charge on any atom is 0.181 e. The largest absolute Gasteiger partial charge is 0.496 e. The van der Waals surface area contributed by atoms with Gasteiger partial charge in [0.2, 0.25) is 0 Å². The fourth-order valence-corrected chi connectivity index (χ4v) is 2.03. The Kier molecular flexibility index (Phi) is 3.09. The first-order chi connectivity index (χ1) is 9.78. The summed E-state index contributed by atoms with van der Waals surface area (Å²) >= 11 is 0. The van der Waals surface area contributed by atoms with Gasteiger partial charge in [-0.1, -0.05) is 24.3 Å². The number of aromatic amines is 1. The Morgan fingerprint density at radius 1 is 1.10 bits per heavy atom. The Morgan fingerprint density at radius 2 is 1.95 bits per heavy atom. The van der Waals surface area contributed by atoms with Crippen molar-refractivity contribution in [3.05, 3.63) is 48.5 Å². The van der Waals surface area contributed by atoms with E-state index in [2.05, 4.69) is 15.2 Å². The van der Waals surface area contributed by atoms with Crippen molar-refractivity contribution in [3.8, 4) is 28.5 Å². The molecule has 0 amide bonds. The van der Waals surface area contributed by atoms with Crippen molar-refractivity contribution in [1.29, 1.82) is 0 Å². The van der Waals surface area contributed by atoms with E-state index in [0.717, 1.165) is 16.9 Å². The van der Waals surface area contributed by atoms with Crippen LogP contribution in [-0.4, -0.2) is 22.3 Å². The molecular weight excluding hydrogens is 252 g/mol. The first-order valence-electron chi connectivity index (χ1n) is 6.19. The Bertz CT molecular complexity index is 736. The monoisotopic (exact) mass is 266 g/mol. The lowest BCUT2D eigenvalue weighted by molar-refractivity contribution is 0.416. The van der Waals surface area contributed by atoms with Crippen LogP contribution in [0.4, 0.5) is 5.69 Å². The van der Waals surface area contributed by atoms with E-state index in [1.54, 1.807) is 7.11 Å². The van der Waals surface area contributed by atoms with E-state index in [4.69, 9.17) is 10.5 Å². The van der Waals surface area contributed by atoms with Crippen LogP contribution in [0.15, 0.2) is 48.5 Å². The van der Waals surface area contributed by atoms with Crippen LogP contribution >= 0.6 is 0 Å². The van der Waals surface area contributed by atoms with E-state index < -0.39 is 0 Å². The van der Waals surface area contributed by atoms with Crippen LogP contribution in [0.2, 0.25) is 0 Å². The van der Waals surface area contributed by atoms with Crippen molar-refractivity contribution >= 4 is 5.69 Å². The highest BCUT2D eigenvalue weighted by Crippen LogP contribution is 2.28. The van der Waals surface area contributed by atoms with Crippen LogP contribution in [0.3, 0.4) is 0 Å². The van der Waals surface area contributed by atoms with Crippen LogP contribution in [-0.2, 0) is 0 Å². The first kappa shape index (κ1) is 12.2. The second-order valence-electron chi connectivity index (χ2n) is 4.33. The molecule has 5 heteroatoms. The molecule has 0 bridgehead atoms. The van der Waals surface area contributed by atoms with Crippen molar-refractivity contribution < 1.29 is 4.74 Å². The number of aromatic nitrogens is 3. The summed E-state index contributed by atoms with van der Waals surface area (Å²) in [6.07, 6.45) is 0. The van der Waals surface area contributed by atoms with Crippen LogP contribution < -0.4 is 10.5 Å². The van der Waals surface area contributed by atoms with Crippen molar-refractivity contribution in [3.63, 3.8) is 0 Å². The molecule has 0 saturated carbocycles. The van der Waals surface area contributed by atoms with Gasteiger partial charge in [0.25, 0.3) is 0 Å². The summed E-state index contributed by atoms with van der Waals surface area (Å²) in [5.41, 5.74) is 8.21.